The lowest BCUT2D eigenvalue weighted by Gasteiger charge is -2.09. The first-order chi connectivity index (χ1) is 7.63. The fourth-order valence-corrected chi connectivity index (χ4v) is 1.55. The fourth-order valence-electron chi connectivity index (χ4n) is 1.34. The van der Waals surface area contributed by atoms with Crippen molar-refractivity contribution in [3.8, 4) is 0 Å². The Balaban J connectivity index is 2.33. The topological polar surface area (TPSA) is 55.1 Å². The van der Waals surface area contributed by atoms with Gasteiger partial charge >= 0.3 is 0 Å². The highest BCUT2D eigenvalue weighted by molar-refractivity contribution is 6.30. The van der Waals surface area contributed by atoms with Crippen LogP contribution < -0.4 is 11.1 Å². The van der Waals surface area contributed by atoms with Gasteiger partial charge in [0.1, 0.15) is 0 Å². The maximum atomic E-state index is 11.4. The van der Waals surface area contributed by atoms with Crippen LogP contribution in [0.25, 0.3) is 0 Å². The molecule has 1 aromatic rings. The number of nitrogens with one attached hydrogen (secondary N) is 1. The van der Waals surface area contributed by atoms with Crippen molar-refractivity contribution in [3.05, 3.63) is 34.9 Å². The standard InChI is InChI=1S/C12H17ClN2O/c1-2-11(14)12(16)15-7-6-9-4-3-5-10(13)8-9/h3-5,8,11H,2,6-7,14H2,1H3,(H,15,16)/t11-/m1/s1. The molecule has 1 amide bonds. The Morgan fingerprint density at radius 3 is 2.94 bits per heavy atom. The summed E-state index contributed by atoms with van der Waals surface area (Å²) in [6, 6.07) is 7.21. The summed E-state index contributed by atoms with van der Waals surface area (Å²) in [6.45, 7) is 2.48. The van der Waals surface area contributed by atoms with Crippen LogP contribution in [-0.4, -0.2) is 18.5 Å². The lowest BCUT2D eigenvalue weighted by atomic mass is 10.1. The Hall–Kier alpha value is -1.06. The normalized spacial score (nSPS) is 12.2. The highest BCUT2D eigenvalue weighted by atomic mass is 35.5. The smallest absolute Gasteiger partial charge is 0.236 e. The van der Waals surface area contributed by atoms with E-state index in [2.05, 4.69) is 5.32 Å². The van der Waals surface area contributed by atoms with Crippen LogP contribution in [0.5, 0.6) is 0 Å². The van der Waals surface area contributed by atoms with Gasteiger partial charge in [-0.25, -0.2) is 0 Å². The lowest BCUT2D eigenvalue weighted by Crippen LogP contribution is -2.40. The summed E-state index contributed by atoms with van der Waals surface area (Å²) >= 11 is 5.85. The molecule has 0 aliphatic carbocycles. The maximum Gasteiger partial charge on any atom is 0.236 e. The minimum Gasteiger partial charge on any atom is -0.354 e. The molecule has 0 saturated carbocycles. The highest BCUT2D eigenvalue weighted by Crippen LogP contribution is 2.10. The molecule has 1 aromatic carbocycles. The minimum atomic E-state index is -0.403. The first-order valence-corrected chi connectivity index (χ1v) is 5.79. The van der Waals surface area contributed by atoms with Crippen LogP contribution in [-0.2, 0) is 11.2 Å². The van der Waals surface area contributed by atoms with Gasteiger partial charge in [0.05, 0.1) is 6.04 Å². The van der Waals surface area contributed by atoms with Crippen LogP contribution in [0.4, 0.5) is 0 Å². The summed E-state index contributed by atoms with van der Waals surface area (Å²) in [4.78, 5) is 11.4. The monoisotopic (exact) mass is 240 g/mol. The van der Waals surface area contributed by atoms with Gasteiger partial charge in [-0.2, -0.15) is 0 Å². The van der Waals surface area contributed by atoms with E-state index < -0.39 is 6.04 Å². The zero-order valence-electron chi connectivity index (χ0n) is 9.37. The third-order valence-electron chi connectivity index (χ3n) is 2.38. The number of halogens is 1. The summed E-state index contributed by atoms with van der Waals surface area (Å²) < 4.78 is 0. The number of hydrogen-bond donors (Lipinski definition) is 2. The van der Waals surface area contributed by atoms with Gasteiger partial charge in [0.2, 0.25) is 5.91 Å². The zero-order valence-corrected chi connectivity index (χ0v) is 10.1. The average Bonchev–Trinajstić information content (AvgIpc) is 2.28. The number of hydrogen-bond acceptors (Lipinski definition) is 2. The van der Waals surface area contributed by atoms with Gasteiger partial charge in [0.15, 0.2) is 0 Å². The zero-order chi connectivity index (χ0) is 12.0. The molecule has 0 spiro atoms. The van der Waals surface area contributed by atoms with E-state index >= 15 is 0 Å². The van der Waals surface area contributed by atoms with Crippen molar-refractivity contribution in [1.29, 1.82) is 0 Å². The van der Waals surface area contributed by atoms with E-state index in [-0.39, 0.29) is 5.91 Å². The molecule has 0 unspecified atom stereocenters. The van der Waals surface area contributed by atoms with Gasteiger partial charge in [-0.05, 0) is 30.5 Å². The number of carbonyl (C=O) groups excluding carboxylic acids is 1. The molecule has 88 valence electrons. The Morgan fingerprint density at radius 1 is 1.56 bits per heavy atom. The first kappa shape index (κ1) is 13.0. The van der Waals surface area contributed by atoms with E-state index in [9.17, 15) is 4.79 Å². The Labute approximate surface area is 101 Å². The molecule has 4 heteroatoms. The van der Waals surface area contributed by atoms with E-state index in [0.29, 0.717) is 18.0 Å². The van der Waals surface area contributed by atoms with E-state index in [1.807, 2.05) is 31.2 Å². The van der Waals surface area contributed by atoms with E-state index in [1.165, 1.54) is 0 Å². The number of carbonyl (C=O) groups is 1. The molecular formula is C12H17ClN2O. The van der Waals surface area contributed by atoms with Gasteiger partial charge in [0.25, 0.3) is 0 Å². The number of rotatable bonds is 5. The van der Waals surface area contributed by atoms with E-state index in [0.717, 1.165) is 12.0 Å². The third-order valence-corrected chi connectivity index (χ3v) is 2.61. The van der Waals surface area contributed by atoms with Gasteiger partial charge in [-0.3, -0.25) is 4.79 Å². The van der Waals surface area contributed by atoms with E-state index in [1.54, 1.807) is 0 Å². The molecule has 3 N–H and O–H groups in total. The molecule has 0 aromatic heterocycles. The predicted octanol–water partition coefficient (Wildman–Crippen LogP) is 1.74. The van der Waals surface area contributed by atoms with Crippen LogP contribution in [0.15, 0.2) is 24.3 Å². The second-order valence-electron chi connectivity index (χ2n) is 3.69. The lowest BCUT2D eigenvalue weighted by molar-refractivity contribution is -0.122. The van der Waals surface area contributed by atoms with E-state index in [4.69, 9.17) is 17.3 Å². The second kappa shape index (κ2) is 6.51. The average molecular weight is 241 g/mol. The molecule has 0 fully saturated rings. The molecule has 0 heterocycles. The van der Waals surface area contributed by atoms with Crippen LogP contribution >= 0.6 is 11.6 Å². The fraction of sp³-hybridized carbons (Fsp3) is 0.417. The summed E-state index contributed by atoms with van der Waals surface area (Å²) in [5, 5.41) is 3.51. The Bertz CT molecular complexity index is 355. The molecule has 0 saturated heterocycles. The van der Waals surface area contributed by atoms with Crippen molar-refractivity contribution in [1.82, 2.24) is 5.32 Å². The molecule has 1 rings (SSSR count). The second-order valence-corrected chi connectivity index (χ2v) is 4.12. The molecule has 0 aliphatic rings. The number of amides is 1. The minimum absolute atomic E-state index is 0.0930. The molecule has 1 atom stereocenters. The Morgan fingerprint density at radius 2 is 2.31 bits per heavy atom. The van der Waals surface area contributed by atoms with Gasteiger partial charge in [-0.1, -0.05) is 30.7 Å². The van der Waals surface area contributed by atoms with Crippen molar-refractivity contribution in [2.45, 2.75) is 25.8 Å². The summed E-state index contributed by atoms with van der Waals surface area (Å²) in [5.41, 5.74) is 6.70. The Kier molecular flexibility index (Phi) is 5.29. The summed E-state index contributed by atoms with van der Waals surface area (Å²) in [6.07, 6.45) is 1.42. The van der Waals surface area contributed by atoms with Gasteiger partial charge < -0.3 is 11.1 Å². The van der Waals surface area contributed by atoms with Crippen molar-refractivity contribution < 1.29 is 4.79 Å². The van der Waals surface area contributed by atoms with Crippen molar-refractivity contribution >= 4 is 17.5 Å². The number of benzene rings is 1. The predicted molar refractivity (Wildman–Crippen MR) is 66.4 cm³/mol. The largest absolute Gasteiger partial charge is 0.354 e. The quantitative estimate of drug-likeness (QED) is 0.824. The molecule has 0 aliphatic heterocycles. The summed E-state index contributed by atoms with van der Waals surface area (Å²) in [7, 11) is 0. The van der Waals surface area contributed by atoms with Crippen LogP contribution in [0.1, 0.15) is 18.9 Å². The molecule has 16 heavy (non-hydrogen) atoms. The molecule has 0 radical (unpaired) electrons. The highest BCUT2D eigenvalue weighted by Gasteiger charge is 2.09. The van der Waals surface area contributed by atoms with Crippen molar-refractivity contribution in [2.24, 2.45) is 5.73 Å². The number of nitrogens with two attached hydrogens (primary N) is 1. The van der Waals surface area contributed by atoms with Gasteiger partial charge in [-0.15, -0.1) is 0 Å². The van der Waals surface area contributed by atoms with Crippen molar-refractivity contribution in [2.75, 3.05) is 6.54 Å². The van der Waals surface area contributed by atoms with Crippen LogP contribution in [0.3, 0.4) is 0 Å². The first-order valence-electron chi connectivity index (χ1n) is 5.41. The molecule has 0 bridgehead atoms. The van der Waals surface area contributed by atoms with Crippen LogP contribution in [0.2, 0.25) is 5.02 Å². The maximum absolute atomic E-state index is 11.4. The molecule has 3 nitrogen and oxygen atoms in total. The molecular weight excluding hydrogens is 224 g/mol. The summed E-state index contributed by atoms with van der Waals surface area (Å²) in [5.74, 6) is -0.0930. The van der Waals surface area contributed by atoms with Crippen molar-refractivity contribution in [3.63, 3.8) is 0 Å². The van der Waals surface area contributed by atoms with Crippen LogP contribution in [0, 0.1) is 0 Å². The third kappa shape index (κ3) is 4.21. The van der Waals surface area contributed by atoms with Gasteiger partial charge in [0, 0.05) is 11.6 Å². The SMILES string of the molecule is CC[C@@H](N)C(=O)NCCc1cccc(Cl)c1.